The Balaban J connectivity index is 1.92. The number of carboxylic acids is 1. The first-order valence-electron chi connectivity index (χ1n) is 9.67. The molecule has 0 unspecified atom stereocenters. The molecule has 1 aliphatic carbocycles. The summed E-state index contributed by atoms with van der Waals surface area (Å²) in [7, 11) is -3.47. The number of hydrogen-bond acceptors (Lipinski definition) is 4. The summed E-state index contributed by atoms with van der Waals surface area (Å²) in [5.74, 6) is -0.359. The second kappa shape index (κ2) is 9.95. The highest BCUT2D eigenvalue weighted by atomic mass is 32.2. The van der Waals surface area contributed by atoms with Crippen LogP contribution in [0.2, 0.25) is 0 Å². The lowest BCUT2D eigenvalue weighted by molar-refractivity contribution is 0.0691. The van der Waals surface area contributed by atoms with Gasteiger partial charge in [0.05, 0.1) is 17.3 Å². The third-order valence-electron chi connectivity index (χ3n) is 4.73. The van der Waals surface area contributed by atoms with E-state index in [-0.39, 0.29) is 22.0 Å². The zero-order valence-electron chi connectivity index (χ0n) is 15.6. The van der Waals surface area contributed by atoms with Crippen LogP contribution >= 0.6 is 0 Å². The van der Waals surface area contributed by atoms with E-state index in [0.717, 1.165) is 32.1 Å². The van der Waals surface area contributed by atoms with Gasteiger partial charge in [0.25, 0.3) is 0 Å². The third-order valence-corrected chi connectivity index (χ3v) is 6.53. The van der Waals surface area contributed by atoms with Gasteiger partial charge in [-0.2, -0.15) is 0 Å². The molecular weight excluding hydrogens is 352 g/mol. The van der Waals surface area contributed by atoms with Crippen molar-refractivity contribution in [3.63, 3.8) is 0 Å². The number of ether oxygens (including phenoxy) is 1. The van der Waals surface area contributed by atoms with Crippen molar-refractivity contribution >= 4 is 15.8 Å². The largest absolute Gasteiger partial charge is 0.492 e. The van der Waals surface area contributed by atoms with Crippen LogP contribution in [0, 0.1) is 5.92 Å². The van der Waals surface area contributed by atoms with Gasteiger partial charge >= 0.3 is 5.97 Å². The van der Waals surface area contributed by atoms with Crippen molar-refractivity contribution < 1.29 is 23.1 Å². The van der Waals surface area contributed by atoms with Crippen molar-refractivity contribution in [2.75, 3.05) is 12.4 Å². The lowest BCUT2D eigenvalue weighted by Gasteiger charge is -2.11. The molecule has 1 aromatic carbocycles. The molecule has 0 amide bonds. The summed E-state index contributed by atoms with van der Waals surface area (Å²) in [6.07, 6.45) is 9.52. The van der Waals surface area contributed by atoms with Crippen molar-refractivity contribution in [3.8, 4) is 5.75 Å². The number of carbonyl (C=O) groups is 1. The quantitative estimate of drug-likeness (QED) is 0.500. The minimum Gasteiger partial charge on any atom is -0.492 e. The van der Waals surface area contributed by atoms with Gasteiger partial charge in [0.1, 0.15) is 11.3 Å². The SMILES string of the molecule is CCCCCCCCCS(=O)(=O)c1ccc(OCC2CC2)c(C(=O)O)c1. The fourth-order valence-corrected chi connectivity index (χ4v) is 4.25. The van der Waals surface area contributed by atoms with Gasteiger partial charge in [-0.05, 0) is 43.4 Å². The molecule has 0 heterocycles. The molecule has 2 rings (SSSR count). The first-order chi connectivity index (χ1) is 12.4. The second-order valence-electron chi connectivity index (χ2n) is 7.16. The number of benzene rings is 1. The minimum absolute atomic E-state index is 0.0577. The standard InChI is InChI=1S/C20H30O5S/c1-2-3-4-5-6-7-8-13-26(23,24)17-11-12-19(18(14-17)20(21)22)25-15-16-9-10-16/h11-12,14,16H,2-10,13,15H2,1H3,(H,21,22). The Labute approximate surface area is 156 Å². The van der Waals surface area contributed by atoms with Gasteiger partial charge in [-0.25, -0.2) is 13.2 Å². The summed E-state index contributed by atoms with van der Waals surface area (Å²) in [5.41, 5.74) is -0.0775. The average Bonchev–Trinajstić information content (AvgIpc) is 3.43. The Morgan fingerprint density at radius 1 is 1.12 bits per heavy atom. The van der Waals surface area contributed by atoms with E-state index in [0.29, 0.717) is 18.9 Å². The zero-order valence-corrected chi connectivity index (χ0v) is 16.4. The van der Waals surface area contributed by atoms with Crippen molar-refractivity contribution in [3.05, 3.63) is 23.8 Å². The van der Waals surface area contributed by atoms with Crippen LogP contribution in [0.4, 0.5) is 0 Å². The first kappa shape index (κ1) is 20.7. The lowest BCUT2D eigenvalue weighted by Crippen LogP contribution is -2.10. The number of sulfone groups is 1. The smallest absolute Gasteiger partial charge is 0.339 e. The normalized spacial score (nSPS) is 14.3. The molecule has 5 nitrogen and oxygen atoms in total. The maximum atomic E-state index is 12.5. The summed E-state index contributed by atoms with van der Waals surface area (Å²) >= 11 is 0. The van der Waals surface area contributed by atoms with Gasteiger partial charge in [-0.1, -0.05) is 45.4 Å². The molecule has 0 saturated heterocycles. The van der Waals surface area contributed by atoms with Crippen LogP contribution in [0.1, 0.15) is 75.1 Å². The van der Waals surface area contributed by atoms with E-state index in [4.69, 9.17) is 4.74 Å². The van der Waals surface area contributed by atoms with Crippen molar-refractivity contribution in [2.45, 2.75) is 69.6 Å². The Hall–Kier alpha value is -1.56. The van der Waals surface area contributed by atoms with E-state index in [2.05, 4.69) is 6.92 Å². The van der Waals surface area contributed by atoms with Crippen LogP contribution in [0.15, 0.2) is 23.1 Å². The highest BCUT2D eigenvalue weighted by Gasteiger charge is 2.24. The Bertz CT molecular complexity index is 692. The van der Waals surface area contributed by atoms with Crippen LogP contribution in [-0.4, -0.2) is 31.9 Å². The topological polar surface area (TPSA) is 80.7 Å². The van der Waals surface area contributed by atoms with Crippen molar-refractivity contribution in [1.29, 1.82) is 0 Å². The molecule has 1 fully saturated rings. The maximum absolute atomic E-state index is 12.5. The van der Waals surface area contributed by atoms with E-state index >= 15 is 0 Å². The lowest BCUT2D eigenvalue weighted by atomic mass is 10.1. The highest BCUT2D eigenvalue weighted by Crippen LogP contribution is 2.31. The first-order valence-corrected chi connectivity index (χ1v) is 11.3. The Morgan fingerprint density at radius 2 is 1.77 bits per heavy atom. The Morgan fingerprint density at radius 3 is 2.38 bits per heavy atom. The fourth-order valence-electron chi connectivity index (χ4n) is 2.85. The van der Waals surface area contributed by atoms with E-state index < -0.39 is 15.8 Å². The molecule has 0 spiro atoms. The molecule has 1 aromatic rings. The molecule has 146 valence electrons. The van der Waals surface area contributed by atoms with Gasteiger partial charge in [-0.15, -0.1) is 0 Å². The van der Waals surface area contributed by atoms with Gasteiger partial charge in [0.2, 0.25) is 0 Å². The number of carboxylic acid groups (broad SMARTS) is 1. The number of aromatic carboxylic acids is 1. The van der Waals surface area contributed by atoms with E-state index in [1.807, 2.05) is 0 Å². The molecule has 0 aliphatic heterocycles. The maximum Gasteiger partial charge on any atom is 0.339 e. The van der Waals surface area contributed by atoms with E-state index in [1.54, 1.807) is 0 Å². The summed E-state index contributed by atoms with van der Waals surface area (Å²) in [6.45, 7) is 2.66. The summed E-state index contributed by atoms with van der Waals surface area (Å²) in [6, 6.07) is 4.18. The van der Waals surface area contributed by atoms with E-state index in [1.165, 1.54) is 37.5 Å². The van der Waals surface area contributed by atoms with E-state index in [9.17, 15) is 18.3 Å². The van der Waals surface area contributed by atoms with Gasteiger partial charge in [-0.3, -0.25) is 0 Å². The van der Waals surface area contributed by atoms with Crippen molar-refractivity contribution in [1.82, 2.24) is 0 Å². The van der Waals surface area contributed by atoms with Gasteiger partial charge < -0.3 is 9.84 Å². The molecule has 0 bridgehead atoms. The molecular formula is C20H30O5S. The summed E-state index contributed by atoms with van der Waals surface area (Å²) in [4.78, 5) is 11.5. The molecule has 1 saturated carbocycles. The molecule has 6 heteroatoms. The van der Waals surface area contributed by atoms with Crippen molar-refractivity contribution in [2.24, 2.45) is 5.92 Å². The molecule has 26 heavy (non-hydrogen) atoms. The minimum atomic E-state index is -3.47. The summed E-state index contributed by atoms with van der Waals surface area (Å²) in [5, 5.41) is 9.38. The average molecular weight is 383 g/mol. The molecule has 0 aromatic heterocycles. The summed E-state index contributed by atoms with van der Waals surface area (Å²) < 4.78 is 30.6. The van der Waals surface area contributed by atoms with Crippen LogP contribution < -0.4 is 4.74 Å². The number of hydrogen-bond donors (Lipinski definition) is 1. The fraction of sp³-hybridized carbons (Fsp3) is 0.650. The monoisotopic (exact) mass is 382 g/mol. The van der Waals surface area contributed by atoms with Gasteiger partial charge in [0.15, 0.2) is 9.84 Å². The highest BCUT2D eigenvalue weighted by molar-refractivity contribution is 7.91. The third kappa shape index (κ3) is 6.63. The van der Waals surface area contributed by atoms with Crippen LogP contribution in [0.5, 0.6) is 5.75 Å². The molecule has 0 atom stereocenters. The van der Waals surface area contributed by atoms with Crippen LogP contribution in [0.3, 0.4) is 0 Å². The molecule has 1 aliphatic rings. The van der Waals surface area contributed by atoms with Crippen LogP contribution in [0.25, 0.3) is 0 Å². The number of unbranched alkanes of at least 4 members (excludes halogenated alkanes) is 6. The zero-order chi connectivity index (χ0) is 19.0. The molecule has 0 radical (unpaired) electrons. The molecule has 1 N–H and O–H groups in total. The predicted octanol–water partition coefficient (Wildman–Crippen LogP) is 4.70. The van der Waals surface area contributed by atoms with Crippen LogP contribution in [-0.2, 0) is 9.84 Å². The second-order valence-corrected chi connectivity index (χ2v) is 9.27. The Kier molecular flexibility index (Phi) is 7.94. The van der Waals surface area contributed by atoms with Gasteiger partial charge in [0, 0.05) is 0 Å². The predicted molar refractivity (Wildman–Crippen MR) is 102 cm³/mol. The number of rotatable bonds is 13.